The van der Waals surface area contributed by atoms with Crippen molar-refractivity contribution in [1.29, 1.82) is 0 Å². The molecule has 0 heterocycles. The highest BCUT2D eigenvalue weighted by atomic mass is 16.5. The Bertz CT molecular complexity index is 537. The van der Waals surface area contributed by atoms with Crippen molar-refractivity contribution in [2.24, 2.45) is 5.41 Å². The van der Waals surface area contributed by atoms with E-state index >= 15 is 0 Å². The molecule has 0 amide bonds. The smallest absolute Gasteiger partial charge is 0.312 e. The average Bonchev–Trinajstić information content (AvgIpc) is 2.34. The van der Waals surface area contributed by atoms with Gasteiger partial charge in [-0.1, -0.05) is 12.1 Å². The van der Waals surface area contributed by atoms with Crippen LogP contribution >= 0.6 is 0 Å². The van der Waals surface area contributed by atoms with E-state index in [9.17, 15) is 14.4 Å². The monoisotopic (exact) mass is 292 g/mol. The van der Waals surface area contributed by atoms with Crippen molar-refractivity contribution < 1.29 is 23.9 Å². The van der Waals surface area contributed by atoms with Crippen molar-refractivity contribution in [1.82, 2.24) is 0 Å². The number of hydrogen-bond acceptors (Lipinski definition) is 5. The summed E-state index contributed by atoms with van der Waals surface area (Å²) in [7, 11) is 0. The molecule has 0 radical (unpaired) electrons. The Morgan fingerprint density at radius 3 is 1.90 bits per heavy atom. The van der Waals surface area contributed by atoms with Crippen molar-refractivity contribution in [2.45, 2.75) is 40.7 Å². The first-order chi connectivity index (χ1) is 9.61. The summed E-state index contributed by atoms with van der Waals surface area (Å²) in [6.07, 6.45) is -0.955. The van der Waals surface area contributed by atoms with E-state index < -0.39 is 23.5 Å². The third kappa shape index (κ3) is 5.02. The Kier molecular flexibility index (Phi) is 5.24. The maximum atomic E-state index is 11.9. The Hall–Kier alpha value is -2.17. The molecule has 1 unspecified atom stereocenters. The third-order valence-corrected chi connectivity index (χ3v) is 2.65. The van der Waals surface area contributed by atoms with Crippen molar-refractivity contribution in [2.75, 3.05) is 0 Å². The first-order valence-electron chi connectivity index (χ1n) is 6.61. The minimum absolute atomic E-state index is 0.271. The first kappa shape index (κ1) is 16.9. The lowest BCUT2D eigenvalue weighted by molar-refractivity contribution is -0.163. The van der Waals surface area contributed by atoms with E-state index in [1.54, 1.807) is 45.0 Å². The molecule has 0 saturated heterocycles. The van der Waals surface area contributed by atoms with Crippen LogP contribution < -0.4 is 4.74 Å². The van der Waals surface area contributed by atoms with Gasteiger partial charge in [0.25, 0.3) is 0 Å². The van der Waals surface area contributed by atoms with Gasteiger partial charge in [0.2, 0.25) is 0 Å². The number of carbonyl (C=O) groups excluding carboxylic acids is 3. The number of ether oxygens (including phenoxy) is 2. The minimum atomic E-state index is -0.955. The Balaban J connectivity index is 2.94. The summed E-state index contributed by atoms with van der Waals surface area (Å²) in [5.74, 6) is -0.777. The number of ketones is 1. The molecule has 1 aromatic rings. The van der Waals surface area contributed by atoms with Crippen molar-refractivity contribution in [3.05, 3.63) is 29.8 Å². The van der Waals surface area contributed by atoms with Crippen LogP contribution in [0.4, 0.5) is 0 Å². The van der Waals surface area contributed by atoms with E-state index in [4.69, 9.17) is 9.47 Å². The molecule has 5 heteroatoms. The number of carbonyl (C=O) groups is 3. The van der Waals surface area contributed by atoms with Gasteiger partial charge in [-0.05, 0) is 39.8 Å². The largest absolute Gasteiger partial charge is 0.449 e. The Labute approximate surface area is 124 Å². The zero-order chi connectivity index (χ0) is 16.2. The molecule has 1 atom stereocenters. The molecule has 0 saturated carbocycles. The summed E-state index contributed by atoms with van der Waals surface area (Å²) in [5, 5.41) is 0. The number of rotatable bonds is 4. The normalized spacial score (nSPS) is 12.4. The van der Waals surface area contributed by atoms with Crippen LogP contribution in [0, 0.1) is 5.41 Å². The minimum Gasteiger partial charge on any atom is -0.449 e. The summed E-state index contributed by atoms with van der Waals surface area (Å²) >= 11 is 0. The van der Waals surface area contributed by atoms with Gasteiger partial charge in [0.1, 0.15) is 5.75 Å². The Morgan fingerprint density at radius 2 is 1.52 bits per heavy atom. The standard InChI is InChI=1S/C16H20O5/c1-10(17)14(21-15(19)16(3,4)5)12-6-8-13(9-7-12)20-11(2)18/h6-9,14H,1-5H3. The highest BCUT2D eigenvalue weighted by molar-refractivity contribution is 5.86. The number of esters is 2. The molecular weight excluding hydrogens is 272 g/mol. The van der Waals surface area contributed by atoms with E-state index in [0.717, 1.165) is 0 Å². The molecule has 21 heavy (non-hydrogen) atoms. The lowest BCUT2D eigenvalue weighted by Crippen LogP contribution is -2.27. The van der Waals surface area contributed by atoms with Gasteiger partial charge < -0.3 is 9.47 Å². The number of hydrogen-bond donors (Lipinski definition) is 0. The average molecular weight is 292 g/mol. The van der Waals surface area contributed by atoms with Crippen LogP contribution in [0.1, 0.15) is 46.3 Å². The molecule has 1 aromatic carbocycles. The van der Waals surface area contributed by atoms with Gasteiger partial charge in [0, 0.05) is 12.5 Å². The molecule has 0 spiro atoms. The van der Waals surface area contributed by atoms with Gasteiger partial charge in [-0.2, -0.15) is 0 Å². The molecule has 1 rings (SSSR count). The predicted molar refractivity (Wildman–Crippen MR) is 76.7 cm³/mol. The fourth-order valence-corrected chi connectivity index (χ4v) is 1.55. The van der Waals surface area contributed by atoms with Crippen LogP contribution in [-0.2, 0) is 19.1 Å². The number of Topliss-reactive ketones (excluding diaryl/α,β-unsaturated/α-hetero) is 1. The first-order valence-corrected chi connectivity index (χ1v) is 6.61. The van der Waals surface area contributed by atoms with E-state index in [1.165, 1.54) is 13.8 Å². The fraction of sp³-hybridized carbons (Fsp3) is 0.438. The highest BCUT2D eigenvalue weighted by Gasteiger charge is 2.29. The number of benzene rings is 1. The molecule has 0 bridgehead atoms. The highest BCUT2D eigenvalue weighted by Crippen LogP contribution is 2.26. The second kappa shape index (κ2) is 6.52. The summed E-state index contributed by atoms with van der Waals surface area (Å²) in [6, 6.07) is 6.30. The molecule has 0 fully saturated rings. The maximum absolute atomic E-state index is 11.9. The van der Waals surface area contributed by atoms with Crippen LogP contribution in [0.25, 0.3) is 0 Å². The topological polar surface area (TPSA) is 69.7 Å². The Morgan fingerprint density at radius 1 is 1.00 bits per heavy atom. The lowest BCUT2D eigenvalue weighted by Gasteiger charge is -2.22. The zero-order valence-electron chi connectivity index (χ0n) is 12.9. The molecule has 0 aliphatic heterocycles. The van der Waals surface area contributed by atoms with Gasteiger partial charge in [0.15, 0.2) is 11.9 Å². The lowest BCUT2D eigenvalue weighted by atomic mass is 9.97. The fourth-order valence-electron chi connectivity index (χ4n) is 1.55. The van der Waals surface area contributed by atoms with E-state index in [0.29, 0.717) is 11.3 Å². The van der Waals surface area contributed by atoms with E-state index in [2.05, 4.69) is 0 Å². The van der Waals surface area contributed by atoms with Crippen LogP contribution in [0.5, 0.6) is 5.75 Å². The summed E-state index contributed by atoms with van der Waals surface area (Å²) in [5.41, 5.74) is -0.151. The second-order valence-corrected chi connectivity index (χ2v) is 5.81. The molecular formula is C16H20O5. The molecule has 5 nitrogen and oxygen atoms in total. The van der Waals surface area contributed by atoms with Gasteiger partial charge in [-0.3, -0.25) is 14.4 Å². The van der Waals surface area contributed by atoms with Gasteiger partial charge >= 0.3 is 11.9 Å². The van der Waals surface area contributed by atoms with Crippen molar-refractivity contribution in [3.8, 4) is 5.75 Å². The zero-order valence-corrected chi connectivity index (χ0v) is 12.9. The van der Waals surface area contributed by atoms with Crippen LogP contribution in [-0.4, -0.2) is 17.7 Å². The van der Waals surface area contributed by atoms with Gasteiger partial charge in [0.05, 0.1) is 5.41 Å². The van der Waals surface area contributed by atoms with E-state index in [-0.39, 0.29) is 5.78 Å². The van der Waals surface area contributed by atoms with Crippen LogP contribution in [0.15, 0.2) is 24.3 Å². The van der Waals surface area contributed by atoms with Crippen LogP contribution in [0.3, 0.4) is 0 Å². The van der Waals surface area contributed by atoms with E-state index in [1.807, 2.05) is 0 Å². The molecule has 0 aromatic heterocycles. The quantitative estimate of drug-likeness (QED) is 0.630. The van der Waals surface area contributed by atoms with Gasteiger partial charge in [-0.25, -0.2) is 0 Å². The molecule has 114 valence electrons. The second-order valence-electron chi connectivity index (χ2n) is 5.81. The van der Waals surface area contributed by atoms with Crippen molar-refractivity contribution in [3.63, 3.8) is 0 Å². The van der Waals surface area contributed by atoms with Crippen molar-refractivity contribution >= 4 is 17.7 Å². The SMILES string of the molecule is CC(=O)Oc1ccc(C(OC(=O)C(C)(C)C)C(C)=O)cc1. The predicted octanol–water partition coefficient (Wildman–Crippen LogP) is 2.83. The molecule has 0 N–H and O–H groups in total. The molecule has 0 aliphatic rings. The maximum Gasteiger partial charge on any atom is 0.312 e. The molecule has 0 aliphatic carbocycles. The van der Waals surface area contributed by atoms with Gasteiger partial charge in [-0.15, -0.1) is 0 Å². The summed E-state index contributed by atoms with van der Waals surface area (Å²) < 4.78 is 10.2. The van der Waals surface area contributed by atoms with Crippen LogP contribution in [0.2, 0.25) is 0 Å². The summed E-state index contributed by atoms with van der Waals surface area (Å²) in [4.78, 5) is 34.5. The summed E-state index contributed by atoms with van der Waals surface area (Å²) in [6.45, 7) is 7.82. The third-order valence-electron chi connectivity index (χ3n) is 2.65.